The molecule has 30 heavy (non-hydrogen) atoms. The van der Waals surface area contributed by atoms with E-state index < -0.39 is 10.0 Å². The van der Waals surface area contributed by atoms with Gasteiger partial charge in [-0.1, -0.05) is 36.4 Å². The van der Waals surface area contributed by atoms with E-state index in [1.165, 1.54) is 4.31 Å². The van der Waals surface area contributed by atoms with Gasteiger partial charge in [-0.2, -0.15) is 4.31 Å². The number of carbonyl (C=O) groups is 1. The molecule has 0 radical (unpaired) electrons. The molecule has 7 heteroatoms. The van der Waals surface area contributed by atoms with Gasteiger partial charge >= 0.3 is 0 Å². The summed E-state index contributed by atoms with van der Waals surface area (Å²) in [6.45, 7) is 4.75. The van der Waals surface area contributed by atoms with Gasteiger partial charge in [0.25, 0.3) is 0 Å². The number of carbonyl (C=O) groups excluding carboxylic acids is 1. The van der Waals surface area contributed by atoms with Crippen molar-refractivity contribution in [3.63, 3.8) is 0 Å². The van der Waals surface area contributed by atoms with Crippen molar-refractivity contribution in [2.75, 3.05) is 13.1 Å². The van der Waals surface area contributed by atoms with Gasteiger partial charge in [-0.05, 0) is 44.9 Å². The first-order chi connectivity index (χ1) is 14.3. The topological polar surface area (TPSA) is 75.7 Å². The predicted octanol–water partition coefficient (Wildman–Crippen LogP) is 3.51. The number of hydrogen-bond acceptors (Lipinski definition) is 4. The second-order valence-electron chi connectivity index (χ2n) is 8.66. The molecule has 2 aromatic rings. The lowest BCUT2D eigenvalue weighted by molar-refractivity contribution is -0.127. The summed E-state index contributed by atoms with van der Waals surface area (Å²) in [4.78, 5) is 13.3. The first-order valence-corrected chi connectivity index (χ1v) is 11.8. The Hall–Kier alpha value is -2.38. The van der Waals surface area contributed by atoms with E-state index in [4.69, 9.17) is 4.74 Å². The molecule has 1 amide bonds. The Balaban J connectivity index is 1.41. The van der Waals surface area contributed by atoms with E-state index in [-0.39, 0.29) is 23.5 Å². The summed E-state index contributed by atoms with van der Waals surface area (Å²) in [5, 5.41) is 3.20. The maximum atomic E-state index is 13.0. The van der Waals surface area contributed by atoms with E-state index in [9.17, 15) is 13.2 Å². The summed E-state index contributed by atoms with van der Waals surface area (Å²) in [6, 6.07) is 16.2. The molecule has 2 aromatic carbocycles. The third kappa shape index (κ3) is 4.23. The standard InChI is InChI=1S/C23H28N2O4S/c1-23(2)16-20(19-10-6-7-11-21(19)29-23)24-22(26)17-12-14-25(15-13-17)30(27,28)18-8-4-3-5-9-18/h3-11,17,20H,12-16H2,1-2H3,(H,24,26). The molecule has 1 fully saturated rings. The Morgan fingerprint density at radius 1 is 1.03 bits per heavy atom. The third-order valence-electron chi connectivity index (χ3n) is 5.90. The van der Waals surface area contributed by atoms with Gasteiger partial charge in [0.2, 0.25) is 15.9 Å². The fourth-order valence-electron chi connectivity index (χ4n) is 4.32. The average molecular weight is 429 g/mol. The van der Waals surface area contributed by atoms with Gasteiger partial charge in [-0.3, -0.25) is 4.79 Å². The van der Waals surface area contributed by atoms with E-state index in [2.05, 4.69) is 5.32 Å². The number of piperidine rings is 1. The van der Waals surface area contributed by atoms with Gasteiger partial charge in [0.1, 0.15) is 11.4 Å². The second kappa shape index (κ2) is 8.04. The summed E-state index contributed by atoms with van der Waals surface area (Å²) in [5.41, 5.74) is 0.633. The quantitative estimate of drug-likeness (QED) is 0.809. The molecule has 0 aromatic heterocycles. The zero-order valence-corrected chi connectivity index (χ0v) is 18.2. The van der Waals surface area contributed by atoms with Gasteiger partial charge in [-0.15, -0.1) is 0 Å². The van der Waals surface area contributed by atoms with Crippen molar-refractivity contribution in [1.82, 2.24) is 9.62 Å². The molecule has 0 saturated carbocycles. The highest BCUT2D eigenvalue weighted by molar-refractivity contribution is 7.89. The fourth-order valence-corrected chi connectivity index (χ4v) is 5.81. The average Bonchev–Trinajstić information content (AvgIpc) is 2.73. The zero-order valence-electron chi connectivity index (χ0n) is 17.4. The van der Waals surface area contributed by atoms with Crippen LogP contribution in [0.3, 0.4) is 0 Å². The van der Waals surface area contributed by atoms with E-state index >= 15 is 0 Å². The molecule has 0 bridgehead atoms. The van der Waals surface area contributed by atoms with Crippen LogP contribution in [0.15, 0.2) is 59.5 Å². The molecule has 160 valence electrons. The van der Waals surface area contributed by atoms with Crippen molar-refractivity contribution in [1.29, 1.82) is 0 Å². The normalized spacial score (nSPS) is 22.0. The number of sulfonamides is 1. The predicted molar refractivity (Wildman–Crippen MR) is 115 cm³/mol. The lowest BCUT2D eigenvalue weighted by Crippen LogP contribution is -2.46. The molecular formula is C23H28N2O4S. The third-order valence-corrected chi connectivity index (χ3v) is 7.81. The number of rotatable bonds is 4. The molecule has 2 aliphatic heterocycles. The lowest BCUT2D eigenvalue weighted by atomic mass is 9.88. The molecule has 1 atom stereocenters. The molecule has 4 rings (SSSR count). The number of hydrogen-bond donors (Lipinski definition) is 1. The van der Waals surface area contributed by atoms with E-state index in [0.717, 1.165) is 11.3 Å². The van der Waals surface area contributed by atoms with Crippen molar-refractivity contribution in [2.45, 2.75) is 49.6 Å². The minimum Gasteiger partial charge on any atom is -0.487 e. The van der Waals surface area contributed by atoms with E-state index in [0.29, 0.717) is 37.2 Å². The number of amides is 1. The number of benzene rings is 2. The molecule has 1 N–H and O–H groups in total. The Labute approximate surface area is 178 Å². The summed E-state index contributed by atoms with van der Waals surface area (Å²) >= 11 is 0. The monoisotopic (exact) mass is 428 g/mol. The second-order valence-corrected chi connectivity index (χ2v) is 10.6. The van der Waals surface area contributed by atoms with Crippen LogP contribution in [0.5, 0.6) is 5.75 Å². The van der Waals surface area contributed by atoms with Gasteiger partial charge < -0.3 is 10.1 Å². The molecule has 2 heterocycles. The van der Waals surface area contributed by atoms with Crippen LogP contribution in [0, 0.1) is 5.92 Å². The highest BCUT2D eigenvalue weighted by atomic mass is 32.2. The van der Waals surface area contributed by atoms with E-state index in [1.807, 2.05) is 38.1 Å². The summed E-state index contributed by atoms with van der Waals surface area (Å²) in [5.74, 6) is 0.609. The van der Waals surface area contributed by atoms with Crippen LogP contribution < -0.4 is 10.1 Å². The van der Waals surface area contributed by atoms with Crippen LogP contribution in [0.25, 0.3) is 0 Å². The first kappa shape index (κ1) is 20.9. The maximum absolute atomic E-state index is 13.0. The number of para-hydroxylation sites is 1. The Morgan fingerprint density at radius 2 is 1.67 bits per heavy atom. The highest BCUT2D eigenvalue weighted by Gasteiger charge is 2.37. The van der Waals surface area contributed by atoms with Crippen molar-refractivity contribution >= 4 is 15.9 Å². The van der Waals surface area contributed by atoms with Crippen LogP contribution in [0.1, 0.15) is 44.7 Å². The van der Waals surface area contributed by atoms with E-state index in [1.54, 1.807) is 30.3 Å². The number of fused-ring (bicyclic) bond motifs is 1. The maximum Gasteiger partial charge on any atom is 0.243 e. The van der Waals surface area contributed by atoms with Crippen LogP contribution in [-0.4, -0.2) is 37.3 Å². The Morgan fingerprint density at radius 3 is 2.37 bits per heavy atom. The summed E-state index contributed by atoms with van der Waals surface area (Å²) in [7, 11) is -3.51. The van der Waals surface area contributed by atoms with Crippen LogP contribution in [-0.2, 0) is 14.8 Å². The van der Waals surface area contributed by atoms with Crippen LogP contribution in [0.2, 0.25) is 0 Å². The minimum atomic E-state index is -3.51. The van der Waals surface area contributed by atoms with Gasteiger partial charge in [0.15, 0.2) is 0 Å². The highest BCUT2D eigenvalue weighted by Crippen LogP contribution is 2.39. The SMILES string of the molecule is CC1(C)CC(NC(=O)C2CCN(S(=O)(=O)c3ccccc3)CC2)c2ccccc2O1. The number of nitrogens with zero attached hydrogens (tertiary/aromatic N) is 1. The largest absolute Gasteiger partial charge is 0.487 e. The molecule has 1 saturated heterocycles. The molecule has 6 nitrogen and oxygen atoms in total. The smallest absolute Gasteiger partial charge is 0.243 e. The molecule has 0 spiro atoms. The zero-order chi connectivity index (χ0) is 21.4. The van der Waals surface area contributed by atoms with Crippen LogP contribution >= 0.6 is 0 Å². The Kier molecular flexibility index (Phi) is 5.59. The van der Waals surface area contributed by atoms with Crippen LogP contribution in [0.4, 0.5) is 0 Å². The molecular weight excluding hydrogens is 400 g/mol. The molecule has 2 aliphatic rings. The van der Waals surface area contributed by atoms with Crippen molar-refractivity contribution in [3.05, 3.63) is 60.2 Å². The first-order valence-electron chi connectivity index (χ1n) is 10.4. The fraction of sp³-hybridized carbons (Fsp3) is 0.435. The lowest BCUT2D eigenvalue weighted by Gasteiger charge is -2.39. The minimum absolute atomic E-state index is 0.00994. The summed E-state index contributed by atoms with van der Waals surface area (Å²) in [6.07, 6.45) is 1.73. The number of nitrogens with one attached hydrogen (secondary N) is 1. The van der Waals surface area contributed by atoms with Gasteiger partial charge in [-0.25, -0.2) is 8.42 Å². The van der Waals surface area contributed by atoms with Crippen molar-refractivity contribution < 1.29 is 17.9 Å². The molecule has 0 aliphatic carbocycles. The Bertz CT molecular complexity index is 1010. The summed E-state index contributed by atoms with van der Waals surface area (Å²) < 4.78 is 33.1. The van der Waals surface area contributed by atoms with Gasteiger partial charge in [0, 0.05) is 31.0 Å². The van der Waals surface area contributed by atoms with Crippen molar-refractivity contribution in [3.8, 4) is 5.75 Å². The molecule has 1 unspecified atom stereocenters. The van der Waals surface area contributed by atoms with Gasteiger partial charge in [0.05, 0.1) is 10.9 Å². The van der Waals surface area contributed by atoms with Crippen molar-refractivity contribution in [2.24, 2.45) is 5.92 Å². The number of ether oxygens (including phenoxy) is 1.